The number of morpholine rings is 1. The van der Waals surface area contributed by atoms with Crippen LogP contribution in [0.4, 0.5) is 4.39 Å². The molecule has 1 atom stereocenters. The van der Waals surface area contributed by atoms with Crippen LogP contribution < -0.4 is 5.73 Å². The van der Waals surface area contributed by atoms with Gasteiger partial charge in [-0.25, -0.2) is 4.39 Å². The third-order valence-electron chi connectivity index (χ3n) is 3.82. The minimum atomic E-state index is -0.338. The van der Waals surface area contributed by atoms with Gasteiger partial charge in [-0.05, 0) is 25.1 Å². The second-order valence-electron chi connectivity index (χ2n) is 5.80. The lowest BCUT2D eigenvalue weighted by atomic mass is 10.1. The zero-order chi connectivity index (χ0) is 15.9. The number of likely N-dealkylation sites (N-methyl/N-ethyl adjacent to an activating group) is 1. The van der Waals surface area contributed by atoms with Crippen LogP contribution in [0.2, 0.25) is 0 Å². The third kappa shape index (κ3) is 5.36. The summed E-state index contributed by atoms with van der Waals surface area (Å²) in [5.74, 6) is -0.483. The highest BCUT2D eigenvalue weighted by Crippen LogP contribution is 2.11. The molecular formula is C16H24FN3O2. The first-order chi connectivity index (χ1) is 10.5. The predicted molar refractivity (Wildman–Crippen MR) is 83.0 cm³/mol. The summed E-state index contributed by atoms with van der Waals surface area (Å²) in [6.07, 6.45) is 0.745. The number of hydrogen-bond acceptors (Lipinski definition) is 4. The Labute approximate surface area is 130 Å². The highest BCUT2D eigenvalue weighted by Gasteiger charge is 2.22. The van der Waals surface area contributed by atoms with Crippen LogP contribution in [-0.2, 0) is 16.0 Å². The van der Waals surface area contributed by atoms with Gasteiger partial charge in [0.15, 0.2) is 0 Å². The van der Waals surface area contributed by atoms with Crippen LogP contribution in [0.5, 0.6) is 0 Å². The predicted octanol–water partition coefficient (Wildman–Crippen LogP) is 0.486. The van der Waals surface area contributed by atoms with Gasteiger partial charge in [0.1, 0.15) is 5.82 Å². The van der Waals surface area contributed by atoms with Gasteiger partial charge < -0.3 is 10.5 Å². The van der Waals surface area contributed by atoms with E-state index in [0.29, 0.717) is 19.6 Å². The molecule has 1 unspecified atom stereocenters. The highest BCUT2D eigenvalue weighted by molar-refractivity contribution is 5.75. The molecule has 1 saturated heterocycles. The number of ether oxygens (including phenoxy) is 1. The summed E-state index contributed by atoms with van der Waals surface area (Å²) in [5.41, 5.74) is 5.93. The molecule has 2 rings (SSSR count). The zero-order valence-corrected chi connectivity index (χ0v) is 13.0. The molecule has 0 radical (unpaired) electrons. The van der Waals surface area contributed by atoms with Crippen LogP contribution in [-0.4, -0.2) is 68.2 Å². The maximum Gasteiger partial charge on any atom is 0.231 e. The monoisotopic (exact) mass is 309 g/mol. The number of halogens is 1. The molecule has 1 aliphatic heterocycles. The van der Waals surface area contributed by atoms with Crippen LogP contribution in [0.1, 0.15) is 5.56 Å². The fourth-order valence-corrected chi connectivity index (χ4v) is 2.75. The van der Waals surface area contributed by atoms with Gasteiger partial charge in [-0.3, -0.25) is 14.6 Å². The smallest absolute Gasteiger partial charge is 0.231 e. The number of rotatable bonds is 7. The average Bonchev–Trinajstić information content (AvgIpc) is 2.46. The first kappa shape index (κ1) is 16.9. The van der Waals surface area contributed by atoms with Crippen LogP contribution in [0, 0.1) is 5.82 Å². The molecular weight excluding hydrogens is 285 g/mol. The van der Waals surface area contributed by atoms with Crippen molar-refractivity contribution in [1.29, 1.82) is 0 Å². The Morgan fingerprint density at radius 3 is 3.00 bits per heavy atom. The normalized spacial score (nSPS) is 19.5. The standard InChI is InChI=1S/C16H24FN3O2/c1-19(12-16(18)21)10-14-11-20(8-9-22-14)7-6-13-4-2-3-5-15(13)17/h2-5,14H,6-12H2,1H3,(H2,18,21). The second-order valence-corrected chi connectivity index (χ2v) is 5.80. The Morgan fingerprint density at radius 1 is 1.50 bits per heavy atom. The molecule has 1 fully saturated rings. The zero-order valence-electron chi connectivity index (χ0n) is 13.0. The summed E-state index contributed by atoms with van der Waals surface area (Å²) in [5, 5.41) is 0. The number of benzene rings is 1. The minimum absolute atomic E-state index is 0.0544. The highest BCUT2D eigenvalue weighted by atomic mass is 19.1. The van der Waals surface area contributed by atoms with Gasteiger partial charge >= 0.3 is 0 Å². The SMILES string of the molecule is CN(CC(N)=O)CC1CN(CCc2ccccc2F)CCO1. The van der Waals surface area contributed by atoms with Gasteiger partial charge in [0, 0.05) is 26.2 Å². The first-order valence-electron chi connectivity index (χ1n) is 7.59. The molecule has 0 bridgehead atoms. The molecule has 1 aliphatic rings. The molecule has 1 amide bonds. The maximum absolute atomic E-state index is 13.6. The average molecular weight is 309 g/mol. The Kier molecular flexibility index (Phi) is 6.30. The van der Waals surface area contributed by atoms with E-state index in [1.54, 1.807) is 6.07 Å². The van der Waals surface area contributed by atoms with E-state index >= 15 is 0 Å². The molecule has 5 nitrogen and oxygen atoms in total. The van der Waals surface area contributed by atoms with Crippen molar-refractivity contribution < 1.29 is 13.9 Å². The Morgan fingerprint density at radius 2 is 2.27 bits per heavy atom. The maximum atomic E-state index is 13.6. The number of primary amides is 1. The van der Waals surface area contributed by atoms with Crippen molar-refractivity contribution in [2.75, 3.05) is 46.4 Å². The summed E-state index contributed by atoms with van der Waals surface area (Å²) in [7, 11) is 1.85. The lowest BCUT2D eigenvalue weighted by molar-refractivity contribution is -0.119. The molecule has 1 aromatic carbocycles. The Bertz CT molecular complexity index is 498. The third-order valence-corrected chi connectivity index (χ3v) is 3.82. The minimum Gasteiger partial charge on any atom is -0.374 e. The van der Waals surface area contributed by atoms with Crippen LogP contribution >= 0.6 is 0 Å². The van der Waals surface area contributed by atoms with Crippen molar-refractivity contribution >= 4 is 5.91 Å². The van der Waals surface area contributed by atoms with Crippen molar-refractivity contribution in [2.45, 2.75) is 12.5 Å². The van der Waals surface area contributed by atoms with Gasteiger partial charge in [-0.1, -0.05) is 18.2 Å². The van der Waals surface area contributed by atoms with Crippen LogP contribution in [0.15, 0.2) is 24.3 Å². The van der Waals surface area contributed by atoms with E-state index < -0.39 is 0 Å². The molecule has 22 heavy (non-hydrogen) atoms. The summed E-state index contributed by atoms with van der Waals surface area (Å²) in [6.45, 7) is 4.00. The number of carbonyl (C=O) groups excluding carboxylic acids is 1. The quantitative estimate of drug-likeness (QED) is 0.796. The molecule has 1 aromatic rings. The van der Waals surface area contributed by atoms with Gasteiger partial charge in [-0.2, -0.15) is 0 Å². The first-order valence-corrected chi connectivity index (χ1v) is 7.59. The molecule has 0 aromatic heterocycles. The Hall–Kier alpha value is -1.50. The Balaban J connectivity index is 1.78. The van der Waals surface area contributed by atoms with Crippen molar-refractivity contribution in [3.05, 3.63) is 35.6 Å². The molecule has 122 valence electrons. The van der Waals surface area contributed by atoms with E-state index in [2.05, 4.69) is 4.90 Å². The second kappa shape index (κ2) is 8.22. The molecule has 0 saturated carbocycles. The van der Waals surface area contributed by atoms with E-state index in [0.717, 1.165) is 25.2 Å². The van der Waals surface area contributed by atoms with Crippen molar-refractivity contribution in [3.63, 3.8) is 0 Å². The van der Waals surface area contributed by atoms with E-state index in [1.165, 1.54) is 6.07 Å². The largest absolute Gasteiger partial charge is 0.374 e. The fourth-order valence-electron chi connectivity index (χ4n) is 2.75. The van der Waals surface area contributed by atoms with Gasteiger partial charge in [-0.15, -0.1) is 0 Å². The summed E-state index contributed by atoms with van der Waals surface area (Å²) < 4.78 is 19.3. The lowest BCUT2D eigenvalue weighted by Crippen LogP contribution is -2.48. The van der Waals surface area contributed by atoms with Crippen molar-refractivity contribution in [3.8, 4) is 0 Å². The van der Waals surface area contributed by atoms with Crippen LogP contribution in [0.25, 0.3) is 0 Å². The summed E-state index contributed by atoms with van der Waals surface area (Å²) >= 11 is 0. The van der Waals surface area contributed by atoms with Gasteiger partial charge in [0.2, 0.25) is 5.91 Å². The summed E-state index contributed by atoms with van der Waals surface area (Å²) in [6, 6.07) is 6.89. The molecule has 2 N–H and O–H groups in total. The molecule has 0 spiro atoms. The van der Waals surface area contributed by atoms with Gasteiger partial charge in [0.05, 0.1) is 19.3 Å². The van der Waals surface area contributed by atoms with E-state index in [1.807, 2.05) is 24.1 Å². The molecule has 0 aliphatic carbocycles. The molecule has 6 heteroatoms. The number of nitrogens with two attached hydrogens (primary N) is 1. The van der Waals surface area contributed by atoms with Gasteiger partial charge in [0.25, 0.3) is 0 Å². The van der Waals surface area contributed by atoms with Crippen LogP contribution in [0.3, 0.4) is 0 Å². The fraction of sp³-hybridized carbons (Fsp3) is 0.562. The lowest BCUT2D eigenvalue weighted by Gasteiger charge is -2.34. The topological polar surface area (TPSA) is 58.8 Å². The van der Waals surface area contributed by atoms with E-state index in [4.69, 9.17) is 10.5 Å². The number of carbonyl (C=O) groups is 1. The van der Waals surface area contributed by atoms with Crippen molar-refractivity contribution in [1.82, 2.24) is 9.80 Å². The summed E-state index contributed by atoms with van der Waals surface area (Å²) in [4.78, 5) is 15.0. The van der Waals surface area contributed by atoms with E-state index in [9.17, 15) is 9.18 Å². The molecule has 1 heterocycles. The number of amides is 1. The number of hydrogen-bond donors (Lipinski definition) is 1. The van der Waals surface area contributed by atoms with Crippen molar-refractivity contribution in [2.24, 2.45) is 5.73 Å². The number of nitrogens with zero attached hydrogens (tertiary/aromatic N) is 2. The van der Waals surface area contributed by atoms with E-state index in [-0.39, 0.29) is 24.4 Å².